The Morgan fingerprint density at radius 2 is 2.28 bits per heavy atom. The molecule has 0 amide bonds. The van der Waals surface area contributed by atoms with Crippen molar-refractivity contribution in [2.24, 2.45) is 0 Å². The van der Waals surface area contributed by atoms with Crippen molar-refractivity contribution in [2.45, 2.75) is 31.6 Å². The average molecular weight is 270 g/mol. The number of nitrogens with one attached hydrogen (secondary N) is 1. The number of hydrogen-bond acceptors (Lipinski definition) is 3. The molecule has 1 saturated heterocycles. The molecule has 1 aromatic rings. The number of halogens is 1. The summed E-state index contributed by atoms with van der Waals surface area (Å²) in [6.07, 6.45) is 1.31. The first kappa shape index (κ1) is 13.8. The van der Waals surface area contributed by atoms with E-state index in [1.54, 1.807) is 7.11 Å². The summed E-state index contributed by atoms with van der Waals surface area (Å²) in [6.45, 7) is 3.68. The van der Waals surface area contributed by atoms with Gasteiger partial charge in [-0.15, -0.1) is 0 Å². The highest BCUT2D eigenvalue weighted by Gasteiger charge is 2.25. The highest BCUT2D eigenvalue weighted by molar-refractivity contribution is 6.31. The molecule has 1 heterocycles. The number of hydrogen-bond donors (Lipinski definition) is 1. The Balaban J connectivity index is 1.95. The van der Waals surface area contributed by atoms with E-state index in [1.807, 2.05) is 24.3 Å². The third-order valence-corrected chi connectivity index (χ3v) is 3.82. The summed E-state index contributed by atoms with van der Waals surface area (Å²) in [4.78, 5) is 0. The molecular weight excluding hydrogens is 250 g/mol. The van der Waals surface area contributed by atoms with Crippen LogP contribution < -0.4 is 5.32 Å². The molecule has 3 atom stereocenters. The quantitative estimate of drug-likeness (QED) is 0.892. The molecule has 18 heavy (non-hydrogen) atoms. The third kappa shape index (κ3) is 3.23. The van der Waals surface area contributed by atoms with Crippen molar-refractivity contribution in [3.05, 3.63) is 34.9 Å². The van der Waals surface area contributed by atoms with Gasteiger partial charge in [-0.05, 0) is 19.4 Å². The van der Waals surface area contributed by atoms with Gasteiger partial charge >= 0.3 is 0 Å². The zero-order valence-corrected chi connectivity index (χ0v) is 11.6. The van der Waals surface area contributed by atoms with Gasteiger partial charge < -0.3 is 14.8 Å². The topological polar surface area (TPSA) is 30.5 Å². The Morgan fingerprint density at radius 3 is 2.89 bits per heavy atom. The van der Waals surface area contributed by atoms with Crippen LogP contribution in [0, 0.1) is 0 Å². The fraction of sp³-hybridized carbons (Fsp3) is 0.571. The average Bonchev–Trinajstić information content (AvgIpc) is 2.78. The molecule has 1 fully saturated rings. The molecule has 1 aromatic carbocycles. The van der Waals surface area contributed by atoms with Crippen molar-refractivity contribution in [1.29, 1.82) is 0 Å². The number of methoxy groups -OCH3 is 1. The molecule has 1 aliphatic rings. The van der Waals surface area contributed by atoms with Gasteiger partial charge in [0, 0.05) is 36.9 Å². The highest BCUT2D eigenvalue weighted by atomic mass is 35.5. The zero-order chi connectivity index (χ0) is 13.0. The monoisotopic (exact) mass is 269 g/mol. The molecule has 1 aliphatic heterocycles. The predicted octanol–water partition coefficient (Wildman–Crippen LogP) is 2.79. The summed E-state index contributed by atoms with van der Waals surface area (Å²) in [5.41, 5.74) is 1.03. The van der Waals surface area contributed by atoms with E-state index >= 15 is 0 Å². The van der Waals surface area contributed by atoms with E-state index in [0.29, 0.717) is 6.04 Å². The maximum absolute atomic E-state index is 6.19. The standard InChI is InChI=1S/C14H20ClNO2/c1-10-13(7-8-18-10)16-9-14(17-2)11-5-3-4-6-12(11)15/h3-6,10,13-14,16H,7-9H2,1-2H3/t10-,13+,14+/m0/s1. The Labute approximate surface area is 113 Å². The van der Waals surface area contributed by atoms with E-state index in [2.05, 4.69) is 12.2 Å². The van der Waals surface area contributed by atoms with Crippen molar-refractivity contribution in [3.63, 3.8) is 0 Å². The van der Waals surface area contributed by atoms with Crippen molar-refractivity contribution in [1.82, 2.24) is 5.32 Å². The van der Waals surface area contributed by atoms with Crippen LogP contribution in [-0.4, -0.2) is 32.4 Å². The van der Waals surface area contributed by atoms with Gasteiger partial charge in [-0.2, -0.15) is 0 Å². The minimum absolute atomic E-state index is 0.0218. The molecule has 3 nitrogen and oxygen atoms in total. The van der Waals surface area contributed by atoms with Crippen molar-refractivity contribution >= 4 is 11.6 Å². The van der Waals surface area contributed by atoms with Crippen LogP contribution >= 0.6 is 11.6 Å². The van der Waals surface area contributed by atoms with Gasteiger partial charge in [0.05, 0.1) is 12.2 Å². The maximum Gasteiger partial charge on any atom is 0.0959 e. The molecule has 4 heteroatoms. The van der Waals surface area contributed by atoms with Crippen molar-refractivity contribution in [3.8, 4) is 0 Å². The smallest absolute Gasteiger partial charge is 0.0959 e. The molecule has 0 aromatic heterocycles. The highest BCUT2D eigenvalue weighted by Crippen LogP contribution is 2.25. The van der Waals surface area contributed by atoms with Gasteiger partial charge in [-0.3, -0.25) is 0 Å². The Bertz CT molecular complexity index is 386. The van der Waals surface area contributed by atoms with Gasteiger partial charge in [-0.25, -0.2) is 0 Å². The normalized spacial score (nSPS) is 25.3. The van der Waals surface area contributed by atoms with Gasteiger partial charge in [0.25, 0.3) is 0 Å². The van der Waals surface area contributed by atoms with Gasteiger partial charge in [0.15, 0.2) is 0 Å². The lowest BCUT2D eigenvalue weighted by Gasteiger charge is -2.22. The first-order valence-electron chi connectivity index (χ1n) is 6.34. The second kappa shape index (κ2) is 6.53. The summed E-state index contributed by atoms with van der Waals surface area (Å²) in [5.74, 6) is 0. The van der Waals surface area contributed by atoms with E-state index in [4.69, 9.17) is 21.1 Å². The summed E-state index contributed by atoms with van der Waals surface area (Å²) in [6, 6.07) is 8.22. The molecule has 0 aliphatic carbocycles. The van der Waals surface area contributed by atoms with E-state index < -0.39 is 0 Å². The lowest BCUT2D eigenvalue weighted by atomic mass is 10.1. The third-order valence-electron chi connectivity index (χ3n) is 3.48. The van der Waals surface area contributed by atoms with Crippen LogP contribution in [0.15, 0.2) is 24.3 Å². The van der Waals surface area contributed by atoms with Gasteiger partial charge in [0.2, 0.25) is 0 Å². The van der Waals surface area contributed by atoms with Crippen LogP contribution in [0.1, 0.15) is 25.0 Å². The summed E-state index contributed by atoms with van der Waals surface area (Å²) >= 11 is 6.19. The van der Waals surface area contributed by atoms with Crippen LogP contribution in [0.2, 0.25) is 5.02 Å². The first-order chi connectivity index (χ1) is 8.72. The van der Waals surface area contributed by atoms with E-state index in [1.165, 1.54) is 0 Å². The second-order valence-corrected chi connectivity index (χ2v) is 5.03. The lowest BCUT2D eigenvalue weighted by Crippen LogP contribution is -2.37. The predicted molar refractivity (Wildman–Crippen MR) is 73.0 cm³/mol. The van der Waals surface area contributed by atoms with Gasteiger partial charge in [-0.1, -0.05) is 29.8 Å². The largest absolute Gasteiger partial charge is 0.377 e. The van der Waals surface area contributed by atoms with Crippen LogP contribution in [0.25, 0.3) is 0 Å². The van der Waals surface area contributed by atoms with Crippen LogP contribution in [0.4, 0.5) is 0 Å². The second-order valence-electron chi connectivity index (χ2n) is 4.63. The van der Waals surface area contributed by atoms with Crippen LogP contribution in [0.5, 0.6) is 0 Å². The number of ether oxygens (including phenoxy) is 2. The van der Waals surface area contributed by atoms with Crippen molar-refractivity contribution < 1.29 is 9.47 Å². The molecule has 0 unspecified atom stereocenters. The molecule has 2 rings (SSSR count). The fourth-order valence-corrected chi connectivity index (χ4v) is 2.57. The summed E-state index contributed by atoms with van der Waals surface area (Å²) in [7, 11) is 1.71. The van der Waals surface area contributed by atoms with E-state index in [-0.39, 0.29) is 12.2 Å². The Morgan fingerprint density at radius 1 is 1.50 bits per heavy atom. The molecule has 0 radical (unpaired) electrons. The summed E-state index contributed by atoms with van der Waals surface area (Å²) < 4.78 is 11.1. The molecule has 1 N–H and O–H groups in total. The van der Waals surface area contributed by atoms with E-state index in [9.17, 15) is 0 Å². The molecule has 0 spiro atoms. The minimum atomic E-state index is -0.0218. The molecule has 0 bridgehead atoms. The Hall–Kier alpha value is -0.610. The maximum atomic E-state index is 6.19. The first-order valence-corrected chi connectivity index (χ1v) is 6.72. The zero-order valence-electron chi connectivity index (χ0n) is 10.9. The molecule has 0 saturated carbocycles. The SMILES string of the molecule is CO[C@H](CN[C@@H]1CCO[C@H]1C)c1ccccc1Cl. The van der Waals surface area contributed by atoms with Crippen LogP contribution in [-0.2, 0) is 9.47 Å². The van der Waals surface area contributed by atoms with Crippen LogP contribution in [0.3, 0.4) is 0 Å². The number of benzene rings is 1. The molecular formula is C14H20ClNO2. The van der Waals surface area contributed by atoms with Crippen molar-refractivity contribution in [2.75, 3.05) is 20.3 Å². The summed E-state index contributed by atoms with van der Waals surface area (Å²) in [5, 5.41) is 4.25. The Kier molecular flexibility index (Phi) is 5.01. The number of rotatable bonds is 5. The van der Waals surface area contributed by atoms with E-state index in [0.717, 1.165) is 30.2 Å². The molecule has 100 valence electrons. The van der Waals surface area contributed by atoms with Gasteiger partial charge in [0.1, 0.15) is 0 Å². The minimum Gasteiger partial charge on any atom is -0.377 e. The lowest BCUT2D eigenvalue weighted by molar-refractivity contribution is 0.0868. The fourth-order valence-electron chi connectivity index (χ4n) is 2.31.